The lowest BCUT2D eigenvalue weighted by atomic mass is 10.2. The number of hydrogen-bond acceptors (Lipinski definition) is 7. The number of carbonyl (C=O) groups excluding carboxylic acids is 3. The second-order valence-electron chi connectivity index (χ2n) is 8.03. The average molecular weight is 545 g/mol. The third kappa shape index (κ3) is 7.76. The van der Waals surface area contributed by atoms with Crippen molar-refractivity contribution in [1.29, 1.82) is 0 Å². The van der Waals surface area contributed by atoms with E-state index < -0.39 is 40.5 Å². The molecular weight excluding hydrogens is 520 g/mol. The summed E-state index contributed by atoms with van der Waals surface area (Å²) in [6.07, 6.45) is 2.45. The molecule has 3 aromatic rings. The maximum Gasteiger partial charge on any atom is 0.327 e. The quantitative estimate of drug-likeness (QED) is 0.374. The van der Waals surface area contributed by atoms with Crippen LogP contribution in [0, 0.1) is 0 Å². The lowest BCUT2D eigenvalue weighted by Gasteiger charge is -2.24. The molecule has 0 aliphatic carbocycles. The number of sulfonamides is 1. The Bertz CT molecular complexity index is 1380. The van der Waals surface area contributed by atoms with Gasteiger partial charge < -0.3 is 15.4 Å². The number of carbonyl (C=O) groups is 3. The van der Waals surface area contributed by atoms with Crippen LogP contribution >= 0.6 is 11.6 Å². The number of aromatic nitrogens is 1. The molecule has 2 N–H and O–H groups in total. The van der Waals surface area contributed by atoms with E-state index in [1.54, 1.807) is 38.1 Å². The van der Waals surface area contributed by atoms with Crippen LogP contribution in [0.15, 0.2) is 78.0 Å². The van der Waals surface area contributed by atoms with E-state index in [9.17, 15) is 22.8 Å². The van der Waals surface area contributed by atoms with Crippen molar-refractivity contribution in [1.82, 2.24) is 10.3 Å². The predicted octanol–water partition coefficient (Wildman–Crippen LogP) is 3.25. The van der Waals surface area contributed by atoms with E-state index in [-0.39, 0.29) is 27.8 Å². The first-order chi connectivity index (χ1) is 17.6. The second-order valence-corrected chi connectivity index (χ2v) is 10.3. The number of anilines is 2. The van der Waals surface area contributed by atoms with Gasteiger partial charge in [-0.15, -0.1) is 0 Å². The number of nitrogens with zero attached hydrogens (tertiary/aromatic N) is 2. The molecule has 2 aromatic carbocycles. The summed E-state index contributed by atoms with van der Waals surface area (Å²) in [6, 6.07) is 14.7. The van der Waals surface area contributed by atoms with Gasteiger partial charge in [-0.3, -0.25) is 23.7 Å². The zero-order valence-corrected chi connectivity index (χ0v) is 21.6. The highest BCUT2D eigenvalue weighted by molar-refractivity contribution is 7.92. The second kappa shape index (κ2) is 12.3. The molecule has 3 rings (SSSR count). The summed E-state index contributed by atoms with van der Waals surface area (Å²) in [7, 11) is -4.28. The zero-order chi connectivity index (χ0) is 27.0. The van der Waals surface area contributed by atoms with Crippen LogP contribution in [0.25, 0.3) is 0 Å². The van der Waals surface area contributed by atoms with Crippen molar-refractivity contribution in [2.75, 3.05) is 22.7 Å². The fraction of sp³-hybridized carbons (Fsp3) is 0.200. The van der Waals surface area contributed by atoms with Crippen molar-refractivity contribution in [2.24, 2.45) is 0 Å². The van der Waals surface area contributed by atoms with Crippen LogP contribution in [0.3, 0.4) is 0 Å². The Balaban J connectivity index is 1.79. The van der Waals surface area contributed by atoms with Gasteiger partial charge in [-0.05, 0) is 62.4 Å². The van der Waals surface area contributed by atoms with E-state index in [2.05, 4.69) is 15.6 Å². The van der Waals surface area contributed by atoms with Gasteiger partial charge in [0.1, 0.15) is 6.54 Å². The smallest absolute Gasteiger partial charge is 0.327 e. The molecule has 12 heteroatoms. The van der Waals surface area contributed by atoms with Crippen molar-refractivity contribution in [2.45, 2.75) is 24.8 Å². The summed E-state index contributed by atoms with van der Waals surface area (Å²) in [5, 5.41) is 5.30. The first-order valence-electron chi connectivity index (χ1n) is 11.1. The number of esters is 1. The predicted molar refractivity (Wildman–Crippen MR) is 139 cm³/mol. The Kier molecular flexibility index (Phi) is 9.20. The fourth-order valence-electron chi connectivity index (χ4n) is 3.19. The van der Waals surface area contributed by atoms with Gasteiger partial charge in [-0.2, -0.15) is 0 Å². The van der Waals surface area contributed by atoms with Crippen LogP contribution in [-0.2, 0) is 24.3 Å². The van der Waals surface area contributed by atoms with E-state index in [0.717, 1.165) is 4.31 Å². The molecule has 0 bridgehead atoms. The number of rotatable bonds is 10. The lowest BCUT2D eigenvalue weighted by molar-refractivity contribution is -0.145. The number of ether oxygens (including phenoxy) is 1. The zero-order valence-electron chi connectivity index (χ0n) is 20.0. The summed E-state index contributed by atoms with van der Waals surface area (Å²) in [6.45, 7) is 2.38. The largest absolute Gasteiger partial charge is 0.462 e. The topological polar surface area (TPSA) is 135 Å². The lowest BCUT2D eigenvalue weighted by Crippen LogP contribution is -2.37. The third-order valence-electron chi connectivity index (χ3n) is 4.78. The molecule has 1 aromatic heterocycles. The monoisotopic (exact) mass is 544 g/mol. The average Bonchev–Trinajstić information content (AvgIpc) is 2.86. The van der Waals surface area contributed by atoms with E-state index in [1.807, 2.05) is 0 Å². The molecule has 194 valence electrons. The molecule has 0 aliphatic rings. The first kappa shape index (κ1) is 27.6. The Morgan fingerprint density at radius 2 is 1.81 bits per heavy atom. The minimum Gasteiger partial charge on any atom is -0.462 e. The minimum atomic E-state index is -4.28. The van der Waals surface area contributed by atoms with E-state index in [1.165, 1.54) is 48.8 Å². The van der Waals surface area contributed by atoms with Crippen LogP contribution in [-0.4, -0.2) is 50.4 Å². The number of pyridine rings is 1. The summed E-state index contributed by atoms with van der Waals surface area (Å²) < 4.78 is 33.2. The van der Waals surface area contributed by atoms with Gasteiger partial charge in [-0.1, -0.05) is 23.7 Å². The van der Waals surface area contributed by atoms with Gasteiger partial charge in [-0.25, -0.2) is 8.42 Å². The molecule has 1 heterocycles. The summed E-state index contributed by atoms with van der Waals surface area (Å²) in [5.41, 5.74) is 0.638. The fourth-order valence-corrected chi connectivity index (χ4v) is 4.82. The van der Waals surface area contributed by atoms with Crippen LogP contribution < -0.4 is 14.9 Å². The summed E-state index contributed by atoms with van der Waals surface area (Å²) >= 11 is 6.06. The minimum absolute atomic E-state index is 0.167. The van der Waals surface area contributed by atoms with Gasteiger partial charge >= 0.3 is 5.97 Å². The molecule has 0 saturated carbocycles. The molecule has 0 spiro atoms. The summed E-state index contributed by atoms with van der Waals surface area (Å²) in [5.74, 6) is -1.80. The Morgan fingerprint density at radius 1 is 1.05 bits per heavy atom. The van der Waals surface area contributed by atoms with Crippen molar-refractivity contribution in [3.05, 3.63) is 83.6 Å². The SMILES string of the molecule is CC(C)OC(=O)CN(c1cccc(Cl)c1)S(=O)(=O)c1cccc(NC(=O)CNC(=O)c2cccnc2)c1. The van der Waals surface area contributed by atoms with Crippen molar-refractivity contribution < 1.29 is 27.5 Å². The Labute approximate surface area is 219 Å². The Morgan fingerprint density at radius 3 is 2.49 bits per heavy atom. The van der Waals surface area contributed by atoms with Crippen molar-refractivity contribution in [3.63, 3.8) is 0 Å². The van der Waals surface area contributed by atoms with Crippen LogP contribution in [0.4, 0.5) is 11.4 Å². The third-order valence-corrected chi connectivity index (χ3v) is 6.78. The number of benzene rings is 2. The van der Waals surface area contributed by atoms with Gasteiger partial charge in [0.2, 0.25) is 5.91 Å². The van der Waals surface area contributed by atoms with E-state index in [0.29, 0.717) is 5.56 Å². The van der Waals surface area contributed by atoms with Crippen LogP contribution in [0.1, 0.15) is 24.2 Å². The molecule has 0 aliphatic heterocycles. The molecule has 0 radical (unpaired) electrons. The normalized spacial score (nSPS) is 11.0. The van der Waals surface area contributed by atoms with E-state index in [4.69, 9.17) is 16.3 Å². The van der Waals surface area contributed by atoms with Crippen LogP contribution in [0.5, 0.6) is 0 Å². The number of halogens is 1. The molecule has 0 saturated heterocycles. The molecule has 0 fully saturated rings. The first-order valence-corrected chi connectivity index (χ1v) is 12.9. The van der Waals surface area contributed by atoms with Gasteiger partial charge in [0.15, 0.2) is 0 Å². The molecule has 2 amide bonds. The maximum absolute atomic E-state index is 13.6. The highest BCUT2D eigenvalue weighted by Crippen LogP contribution is 2.27. The van der Waals surface area contributed by atoms with Crippen molar-refractivity contribution in [3.8, 4) is 0 Å². The number of hydrogen-bond donors (Lipinski definition) is 2. The highest BCUT2D eigenvalue weighted by atomic mass is 35.5. The maximum atomic E-state index is 13.6. The molecular formula is C25H25ClN4O6S. The standard InChI is InChI=1S/C25H25ClN4O6S/c1-17(2)36-24(32)16-30(21-9-3-7-19(26)12-21)37(34,35)22-10-4-8-20(13-22)29-23(31)15-28-25(33)18-6-5-11-27-14-18/h3-14,17H,15-16H2,1-2H3,(H,28,33)(H,29,31). The molecule has 0 atom stereocenters. The molecule has 10 nitrogen and oxygen atoms in total. The molecule has 37 heavy (non-hydrogen) atoms. The Hall–Kier alpha value is -3.96. The molecule has 0 unspecified atom stereocenters. The van der Waals surface area contributed by atoms with Gasteiger partial charge in [0.25, 0.3) is 15.9 Å². The number of nitrogens with one attached hydrogen (secondary N) is 2. The van der Waals surface area contributed by atoms with Gasteiger partial charge in [0, 0.05) is 23.1 Å². The van der Waals surface area contributed by atoms with Gasteiger partial charge in [0.05, 0.1) is 28.8 Å². The van der Waals surface area contributed by atoms with Crippen molar-refractivity contribution >= 4 is 50.8 Å². The summed E-state index contributed by atoms with van der Waals surface area (Å²) in [4.78, 5) is 40.5. The highest BCUT2D eigenvalue weighted by Gasteiger charge is 2.28. The van der Waals surface area contributed by atoms with Crippen LogP contribution in [0.2, 0.25) is 5.02 Å². The number of amides is 2. The van der Waals surface area contributed by atoms with E-state index >= 15 is 0 Å².